The van der Waals surface area contributed by atoms with Crippen LogP contribution in [0.1, 0.15) is 17.8 Å². The van der Waals surface area contributed by atoms with Crippen molar-refractivity contribution in [2.24, 2.45) is 0 Å². The summed E-state index contributed by atoms with van der Waals surface area (Å²) in [5, 5.41) is 9.27. The maximum atomic E-state index is 12.5. The van der Waals surface area contributed by atoms with Crippen LogP contribution in [-0.2, 0) is 11.3 Å². The maximum absolute atomic E-state index is 12.5. The smallest absolute Gasteiger partial charge is 0.259 e. The number of hydrogen-bond acceptors (Lipinski definition) is 6. The Morgan fingerprint density at radius 1 is 1.23 bits per heavy atom. The van der Waals surface area contributed by atoms with Crippen LogP contribution in [0.15, 0.2) is 69.4 Å². The monoisotopic (exact) mass is 440 g/mol. The van der Waals surface area contributed by atoms with Gasteiger partial charge in [-0.15, -0.1) is 11.3 Å². The summed E-state index contributed by atoms with van der Waals surface area (Å²) >= 11 is 7.75. The Kier molecular flexibility index (Phi) is 5.78. The number of nitrogens with zero attached hydrogens (tertiary/aromatic N) is 3. The Morgan fingerprint density at radius 3 is 2.83 bits per heavy atom. The van der Waals surface area contributed by atoms with E-state index in [1.807, 2.05) is 29.6 Å². The maximum Gasteiger partial charge on any atom is 0.259 e. The highest BCUT2D eigenvalue weighted by atomic mass is 35.5. The molecular formula is C21H17ClN4O3S. The second-order valence-corrected chi connectivity index (χ2v) is 7.98. The molecule has 0 aliphatic carbocycles. The molecule has 3 heterocycles. The highest BCUT2D eigenvalue weighted by Crippen LogP contribution is 2.27. The minimum absolute atomic E-state index is 0.227. The van der Waals surface area contributed by atoms with Gasteiger partial charge in [-0.2, -0.15) is 4.98 Å². The summed E-state index contributed by atoms with van der Waals surface area (Å²) in [7, 11) is 0. The average Bonchev–Trinajstić information content (AvgIpc) is 3.44. The highest BCUT2D eigenvalue weighted by Gasteiger charge is 2.19. The molecule has 1 N–H and O–H groups in total. The number of hydrogen-bond donors (Lipinski definition) is 1. The summed E-state index contributed by atoms with van der Waals surface area (Å²) in [4.78, 5) is 30.3. The standard InChI is InChI=1S/C21H17ClN4O3S/c1-13(20(28)23-11-15-5-4-10-30-15)26-12-14(8-9-18(26)27)21-24-19(25-29-21)16-6-2-3-7-17(16)22/h2-10,12-13H,11H2,1H3,(H,23,28)/t13-/m1/s1. The number of aromatic nitrogens is 3. The fourth-order valence-corrected chi connectivity index (χ4v) is 3.75. The van der Waals surface area contributed by atoms with Crippen LogP contribution in [0, 0.1) is 0 Å². The van der Waals surface area contributed by atoms with Crippen LogP contribution >= 0.6 is 22.9 Å². The van der Waals surface area contributed by atoms with Crippen molar-refractivity contribution in [1.29, 1.82) is 0 Å². The molecule has 0 bridgehead atoms. The normalized spacial score (nSPS) is 11.9. The fraction of sp³-hybridized carbons (Fsp3) is 0.143. The van der Waals surface area contributed by atoms with Crippen molar-refractivity contribution >= 4 is 28.8 Å². The Bertz CT molecular complexity index is 1230. The predicted molar refractivity (Wildman–Crippen MR) is 115 cm³/mol. The van der Waals surface area contributed by atoms with Crippen LogP contribution in [-0.4, -0.2) is 20.6 Å². The first-order valence-corrected chi connectivity index (χ1v) is 10.4. The molecule has 152 valence electrons. The Labute approximate surface area is 180 Å². The van der Waals surface area contributed by atoms with Crippen LogP contribution in [0.25, 0.3) is 22.8 Å². The SMILES string of the molecule is C[C@H](C(=O)NCc1cccs1)n1cc(-c2nc(-c3ccccc3Cl)no2)ccc1=O. The van der Waals surface area contributed by atoms with Gasteiger partial charge in [0.2, 0.25) is 11.7 Å². The molecular weight excluding hydrogens is 424 g/mol. The summed E-state index contributed by atoms with van der Waals surface area (Å²) in [5.41, 5.74) is 0.866. The van der Waals surface area contributed by atoms with E-state index in [1.165, 1.54) is 10.6 Å². The molecule has 7 nitrogen and oxygen atoms in total. The summed E-state index contributed by atoms with van der Waals surface area (Å²) < 4.78 is 6.70. The van der Waals surface area contributed by atoms with E-state index in [0.717, 1.165) is 4.88 Å². The van der Waals surface area contributed by atoms with Gasteiger partial charge in [-0.3, -0.25) is 9.59 Å². The molecule has 1 atom stereocenters. The van der Waals surface area contributed by atoms with Gasteiger partial charge in [0.05, 0.1) is 17.1 Å². The van der Waals surface area contributed by atoms with Crippen LogP contribution in [0.4, 0.5) is 0 Å². The summed E-state index contributed by atoms with van der Waals surface area (Å²) in [6.45, 7) is 2.08. The van der Waals surface area contributed by atoms with E-state index in [1.54, 1.807) is 42.7 Å². The van der Waals surface area contributed by atoms with Crippen LogP contribution < -0.4 is 10.9 Å². The lowest BCUT2D eigenvalue weighted by Gasteiger charge is -2.15. The lowest BCUT2D eigenvalue weighted by atomic mass is 10.2. The first-order valence-electron chi connectivity index (χ1n) is 9.14. The van der Waals surface area contributed by atoms with E-state index in [-0.39, 0.29) is 17.4 Å². The van der Waals surface area contributed by atoms with Crippen LogP contribution in [0.5, 0.6) is 0 Å². The molecule has 0 saturated heterocycles. The van der Waals surface area contributed by atoms with Crippen molar-refractivity contribution in [3.8, 4) is 22.8 Å². The van der Waals surface area contributed by atoms with E-state index in [0.29, 0.717) is 28.5 Å². The molecule has 1 amide bonds. The number of rotatable bonds is 6. The van der Waals surface area contributed by atoms with E-state index in [4.69, 9.17) is 16.1 Å². The lowest BCUT2D eigenvalue weighted by molar-refractivity contribution is -0.124. The molecule has 30 heavy (non-hydrogen) atoms. The van der Waals surface area contributed by atoms with E-state index >= 15 is 0 Å². The van der Waals surface area contributed by atoms with Crippen molar-refractivity contribution in [3.05, 3.63) is 80.4 Å². The largest absolute Gasteiger partial charge is 0.349 e. The number of thiophene rings is 1. The van der Waals surface area contributed by atoms with Gasteiger partial charge in [0, 0.05) is 22.7 Å². The summed E-state index contributed by atoms with van der Waals surface area (Å²) in [5.74, 6) is 0.310. The Morgan fingerprint density at radius 2 is 2.07 bits per heavy atom. The van der Waals surface area contributed by atoms with Crippen molar-refractivity contribution in [2.45, 2.75) is 19.5 Å². The van der Waals surface area contributed by atoms with Gasteiger partial charge in [-0.1, -0.05) is 35.0 Å². The number of pyridine rings is 1. The van der Waals surface area contributed by atoms with Crippen molar-refractivity contribution < 1.29 is 9.32 Å². The van der Waals surface area contributed by atoms with Gasteiger partial charge in [0.1, 0.15) is 6.04 Å². The second kappa shape index (κ2) is 8.64. The number of halogens is 1. The molecule has 9 heteroatoms. The molecule has 0 unspecified atom stereocenters. The van der Waals surface area contributed by atoms with Gasteiger partial charge in [0.15, 0.2) is 0 Å². The molecule has 4 aromatic rings. The third-order valence-corrected chi connectivity index (χ3v) is 5.75. The molecule has 0 radical (unpaired) electrons. The summed E-state index contributed by atoms with van der Waals surface area (Å²) in [6, 6.07) is 13.3. The number of amides is 1. The number of benzene rings is 1. The van der Waals surface area contributed by atoms with Crippen LogP contribution in [0.2, 0.25) is 5.02 Å². The molecule has 0 aliphatic heterocycles. The molecule has 3 aromatic heterocycles. The van der Waals surface area contributed by atoms with Crippen molar-refractivity contribution in [2.75, 3.05) is 0 Å². The van der Waals surface area contributed by atoms with E-state index in [2.05, 4.69) is 15.5 Å². The topological polar surface area (TPSA) is 90.0 Å². The average molecular weight is 441 g/mol. The van der Waals surface area contributed by atoms with Gasteiger partial charge >= 0.3 is 0 Å². The Hall–Kier alpha value is -3.23. The third-order valence-electron chi connectivity index (χ3n) is 4.54. The molecule has 0 spiro atoms. The Balaban J connectivity index is 1.57. The quantitative estimate of drug-likeness (QED) is 0.486. The van der Waals surface area contributed by atoms with Gasteiger partial charge < -0.3 is 14.4 Å². The molecule has 0 fully saturated rings. The van der Waals surface area contributed by atoms with Crippen LogP contribution in [0.3, 0.4) is 0 Å². The first kappa shape index (κ1) is 20.1. The highest BCUT2D eigenvalue weighted by molar-refractivity contribution is 7.09. The predicted octanol–water partition coefficient (Wildman–Crippen LogP) is 4.16. The van der Waals surface area contributed by atoms with Crippen molar-refractivity contribution in [1.82, 2.24) is 20.0 Å². The lowest BCUT2D eigenvalue weighted by Crippen LogP contribution is -2.35. The number of carbonyl (C=O) groups excluding carboxylic acids is 1. The molecule has 4 rings (SSSR count). The summed E-state index contributed by atoms with van der Waals surface area (Å²) in [6.07, 6.45) is 1.54. The second-order valence-electron chi connectivity index (χ2n) is 6.54. The van der Waals surface area contributed by atoms with Crippen molar-refractivity contribution in [3.63, 3.8) is 0 Å². The molecule has 0 saturated carbocycles. The minimum atomic E-state index is -0.705. The zero-order valence-electron chi connectivity index (χ0n) is 15.9. The van der Waals surface area contributed by atoms with Gasteiger partial charge in [0.25, 0.3) is 11.4 Å². The number of carbonyl (C=O) groups is 1. The first-order chi connectivity index (χ1) is 14.5. The zero-order chi connectivity index (χ0) is 21.1. The zero-order valence-corrected chi connectivity index (χ0v) is 17.5. The van der Waals surface area contributed by atoms with E-state index < -0.39 is 6.04 Å². The molecule has 0 aliphatic rings. The fourth-order valence-electron chi connectivity index (χ4n) is 2.89. The third kappa shape index (κ3) is 4.19. The minimum Gasteiger partial charge on any atom is -0.349 e. The number of nitrogens with one attached hydrogen (secondary N) is 1. The molecule has 1 aromatic carbocycles. The van der Waals surface area contributed by atoms with E-state index in [9.17, 15) is 9.59 Å². The van der Waals surface area contributed by atoms with Gasteiger partial charge in [-0.05, 0) is 36.6 Å². The van der Waals surface area contributed by atoms with Gasteiger partial charge in [-0.25, -0.2) is 0 Å².